The maximum Gasteiger partial charge on any atom is 0.336 e. The first-order valence-electron chi connectivity index (χ1n) is 5.11. The quantitative estimate of drug-likeness (QED) is 0.456. The molecule has 0 saturated carbocycles. The van der Waals surface area contributed by atoms with Crippen molar-refractivity contribution < 1.29 is 13.9 Å². The first-order chi connectivity index (χ1) is 8.10. The molecule has 3 nitrogen and oxygen atoms in total. The number of benzene rings is 1. The molecule has 1 aromatic rings. The first-order valence-corrected chi connectivity index (χ1v) is 5.11. The summed E-state index contributed by atoms with van der Waals surface area (Å²) in [7, 11) is 0. The van der Waals surface area contributed by atoms with Gasteiger partial charge in [0.15, 0.2) is 0 Å². The summed E-state index contributed by atoms with van der Waals surface area (Å²) in [5.41, 5.74) is 1.04. The fourth-order valence-electron chi connectivity index (χ4n) is 1.32. The molecule has 0 aliphatic heterocycles. The molecule has 0 aliphatic carbocycles. The predicted octanol–water partition coefficient (Wildman–Crippen LogP) is 3.04. The van der Waals surface area contributed by atoms with E-state index in [2.05, 4.69) is 4.85 Å². The number of halogens is 1. The molecule has 0 atom stereocenters. The molecular weight excluding hydrogens is 221 g/mol. The fourth-order valence-corrected chi connectivity index (χ4v) is 1.32. The Balaban J connectivity index is 3.13. The molecule has 0 fully saturated rings. The molecule has 0 aliphatic rings. The van der Waals surface area contributed by atoms with Gasteiger partial charge in [-0.05, 0) is 37.1 Å². The van der Waals surface area contributed by atoms with Gasteiger partial charge in [0.05, 0.1) is 13.2 Å². The Bertz CT molecular complexity index is 483. The molecule has 0 bridgehead atoms. The Morgan fingerprint density at radius 2 is 2.00 bits per heavy atom. The lowest BCUT2D eigenvalue weighted by Gasteiger charge is -2.05. The highest BCUT2D eigenvalue weighted by molar-refractivity contribution is 5.99. The van der Waals surface area contributed by atoms with Crippen LogP contribution in [0.15, 0.2) is 30.0 Å². The molecule has 0 heterocycles. The monoisotopic (exact) mass is 233 g/mol. The second-order valence-corrected chi connectivity index (χ2v) is 3.31. The van der Waals surface area contributed by atoms with E-state index < -0.39 is 5.97 Å². The SMILES string of the molecule is [C-]#[N+]C(C(=O)OCC)=C(C)c1ccc(F)cc1. The largest absolute Gasteiger partial charge is 0.471 e. The van der Waals surface area contributed by atoms with Crippen LogP contribution in [0.5, 0.6) is 0 Å². The van der Waals surface area contributed by atoms with E-state index in [4.69, 9.17) is 11.3 Å². The van der Waals surface area contributed by atoms with E-state index in [1.165, 1.54) is 24.3 Å². The molecule has 0 saturated heterocycles. The molecule has 0 radical (unpaired) electrons. The van der Waals surface area contributed by atoms with Crippen LogP contribution in [0.2, 0.25) is 0 Å². The normalized spacial score (nSPS) is 11.4. The molecule has 1 rings (SSSR count). The minimum Gasteiger partial charge on any atom is -0.471 e. The second-order valence-electron chi connectivity index (χ2n) is 3.31. The standard InChI is InChI=1S/C13H12FNO2/c1-4-17-13(16)12(15-3)9(2)10-5-7-11(14)8-6-10/h5-8H,4H2,1-2H3. The number of hydrogen-bond donors (Lipinski definition) is 0. The topological polar surface area (TPSA) is 30.7 Å². The van der Waals surface area contributed by atoms with E-state index in [0.717, 1.165) is 0 Å². The summed E-state index contributed by atoms with van der Waals surface area (Å²) in [5.74, 6) is -1.01. The zero-order valence-corrected chi connectivity index (χ0v) is 9.66. The highest BCUT2D eigenvalue weighted by Gasteiger charge is 2.15. The number of ether oxygens (including phenoxy) is 1. The van der Waals surface area contributed by atoms with Crippen molar-refractivity contribution in [1.29, 1.82) is 0 Å². The Morgan fingerprint density at radius 1 is 1.41 bits per heavy atom. The lowest BCUT2D eigenvalue weighted by Crippen LogP contribution is -2.06. The van der Waals surface area contributed by atoms with Gasteiger partial charge in [0.25, 0.3) is 5.70 Å². The van der Waals surface area contributed by atoms with Gasteiger partial charge in [0, 0.05) is 0 Å². The zero-order valence-electron chi connectivity index (χ0n) is 9.66. The number of rotatable bonds is 3. The van der Waals surface area contributed by atoms with Crippen LogP contribution in [0.3, 0.4) is 0 Å². The summed E-state index contributed by atoms with van der Waals surface area (Å²) < 4.78 is 17.5. The van der Waals surface area contributed by atoms with E-state index in [0.29, 0.717) is 11.1 Å². The molecule has 0 unspecified atom stereocenters. The van der Waals surface area contributed by atoms with Crippen LogP contribution in [-0.4, -0.2) is 12.6 Å². The van der Waals surface area contributed by atoms with Crippen LogP contribution < -0.4 is 0 Å². The van der Waals surface area contributed by atoms with Gasteiger partial charge in [-0.1, -0.05) is 12.1 Å². The van der Waals surface area contributed by atoms with Gasteiger partial charge < -0.3 is 4.74 Å². The summed E-state index contributed by atoms with van der Waals surface area (Å²) >= 11 is 0. The van der Waals surface area contributed by atoms with Gasteiger partial charge in [-0.3, -0.25) is 4.79 Å². The number of hydrogen-bond acceptors (Lipinski definition) is 2. The van der Waals surface area contributed by atoms with Crippen molar-refractivity contribution >= 4 is 11.5 Å². The number of allylic oxidation sites excluding steroid dienone is 1. The molecule has 4 heteroatoms. The van der Waals surface area contributed by atoms with Crippen molar-refractivity contribution in [2.75, 3.05) is 6.61 Å². The average molecular weight is 233 g/mol. The van der Waals surface area contributed by atoms with Crippen molar-refractivity contribution in [2.45, 2.75) is 13.8 Å². The van der Waals surface area contributed by atoms with Crippen LogP contribution in [0.4, 0.5) is 4.39 Å². The third-order valence-electron chi connectivity index (χ3n) is 2.21. The lowest BCUT2D eigenvalue weighted by atomic mass is 10.1. The Morgan fingerprint density at radius 3 is 2.47 bits per heavy atom. The van der Waals surface area contributed by atoms with Gasteiger partial charge in [0.1, 0.15) is 5.82 Å². The molecule has 0 N–H and O–H groups in total. The molecule has 0 spiro atoms. The minimum atomic E-state index is -0.649. The maximum atomic E-state index is 12.7. The van der Waals surface area contributed by atoms with Crippen molar-refractivity contribution in [3.05, 3.63) is 52.8 Å². The van der Waals surface area contributed by atoms with Crippen LogP contribution in [0, 0.1) is 12.4 Å². The average Bonchev–Trinajstić information content (AvgIpc) is 2.31. The van der Waals surface area contributed by atoms with Crippen LogP contribution >= 0.6 is 0 Å². The van der Waals surface area contributed by atoms with Crippen LogP contribution in [0.1, 0.15) is 19.4 Å². The molecular formula is C13H12FNO2. The predicted molar refractivity (Wildman–Crippen MR) is 62.2 cm³/mol. The minimum absolute atomic E-state index is 0.0709. The molecule has 0 amide bonds. The summed E-state index contributed by atoms with van der Waals surface area (Å²) in [6.45, 7) is 10.5. The first kappa shape index (κ1) is 12.9. The van der Waals surface area contributed by atoms with Crippen molar-refractivity contribution in [3.8, 4) is 0 Å². The van der Waals surface area contributed by atoms with E-state index >= 15 is 0 Å². The summed E-state index contributed by atoms with van der Waals surface area (Å²) in [6.07, 6.45) is 0. The van der Waals surface area contributed by atoms with E-state index in [1.54, 1.807) is 13.8 Å². The Labute approximate surface area is 99.3 Å². The number of carbonyl (C=O) groups is 1. The van der Waals surface area contributed by atoms with Crippen LogP contribution in [0.25, 0.3) is 10.4 Å². The smallest absolute Gasteiger partial charge is 0.336 e. The Hall–Kier alpha value is -2.15. The number of esters is 1. The van der Waals surface area contributed by atoms with Gasteiger partial charge >= 0.3 is 5.97 Å². The Kier molecular flexibility index (Phi) is 4.41. The highest BCUT2D eigenvalue weighted by atomic mass is 19.1. The van der Waals surface area contributed by atoms with Crippen LogP contribution in [-0.2, 0) is 9.53 Å². The maximum absolute atomic E-state index is 12.7. The van der Waals surface area contributed by atoms with Crippen molar-refractivity contribution in [3.63, 3.8) is 0 Å². The van der Waals surface area contributed by atoms with Gasteiger partial charge in [-0.15, -0.1) is 0 Å². The summed E-state index contributed by atoms with van der Waals surface area (Å²) in [5, 5.41) is 0. The second kappa shape index (κ2) is 5.80. The zero-order chi connectivity index (χ0) is 12.8. The van der Waals surface area contributed by atoms with Gasteiger partial charge in [-0.25, -0.2) is 9.24 Å². The molecule has 17 heavy (non-hydrogen) atoms. The van der Waals surface area contributed by atoms with E-state index in [1.807, 2.05) is 0 Å². The van der Waals surface area contributed by atoms with Crippen molar-refractivity contribution in [1.82, 2.24) is 0 Å². The van der Waals surface area contributed by atoms with Gasteiger partial charge in [0.2, 0.25) is 0 Å². The molecule has 88 valence electrons. The highest BCUT2D eigenvalue weighted by Crippen LogP contribution is 2.20. The molecule has 0 aromatic heterocycles. The number of nitrogens with zero attached hydrogens (tertiary/aromatic N) is 1. The van der Waals surface area contributed by atoms with Crippen molar-refractivity contribution in [2.24, 2.45) is 0 Å². The van der Waals surface area contributed by atoms with E-state index in [-0.39, 0.29) is 18.1 Å². The third kappa shape index (κ3) is 3.15. The van der Waals surface area contributed by atoms with Gasteiger partial charge in [-0.2, -0.15) is 0 Å². The number of carbonyl (C=O) groups excluding carboxylic acids is 1. The van der Waals surface area contributed by atoms with E-state index in [9.17, 15) is 9.18 Å². The summed E-state index contributed by atoms with van der Waals surface area (Å²) in [6, 6.07) is 5.61. The fraction of sp³-hybridized carbons (Fsp3) is 0.231. The molecule has 1 aromatic carbocycles. The lowest BCUT2D eigenvalue weighted by molar-refractivity contribution is -0.138. The third-order valence-corrected chi connectivity index (χ3v) is 2.21. The summed E-state index contributed by atoms with van der Waals surface area (Å²) in [4.78, 5) is 14.7.